The second-order valence-electron chi connectivity index (χ2n) is 0.250. The normalized spacial score (nSPS) is 3.43. The zero-order valence-corrected chi connectivity index (χ0v) is 8.72. The summed E-state index contributed by atoms with van der Waals surface area (Å²) in [4.78, 5) is 17.0. The van der Waals surface area contributed by atoms with E-state index in [0.29, 0.717) is 0 Å². The van der Waals surface area contributed by atoms with Gasteiger partial charge in [0.1, 0.15) is 0 Å². The Labute approximate surface area is 88.6 Å². The van der Waals surface area contributed by atoms with Gasteiger partial charge in [-0.25, -0.2) is 0 Å². The Morgan fingerprint density at radius 3 is 1.14 bits per heavy atom. The fourth-order valence-electron chi connectivity index (χ4n) is 0. The van der Waals surface area contributed by atoms with E-state index < -0.39 is 9.17 Å². The van der Waals surface area contributed by atoms with E-state index in [-0.39, 0.29) is 66.5 Å². The zero-order valence-electron chi connectivity index (χ0n) is 3.72. The minimum atomic E-state index is -3.63. The quantitative estimate of drug-likeness (QED) is 0.312. The second-order valence-corrected chi connectivity index (χ2v) is 0.750. The van der Waals surface area contributed by atoms with Gasteiger partial charge >= 0.3 is 59.1 Å². The summed E-state index contributed by atoms with van der Waals surface area (Å²) in [5.41, 5.74) is 0. The molecule has 0 bridgehead atoms. The molecule has 0 aliphatic carbocycles. The Balaban J connectivity index is -0.0000000150. The van der Waals surface area contributed by atoms with Gasteiger partial charge in [0, 0.05) is 9.17 Å². The molecule has 0 aliphatic heterocycles. The molecule has 0 aromatic rings. The van der Waals surface area contributed by atoms with E-state index in [0.717, 1.165) is 0 Å². The van der Waals surface area contributed by atoms with Crippen LogP contribution in [0.4, 0.5) is 0 Å². The van der Waals surface area contributed by atoms with Crippen LogP contribution in [0.3, 0.4) is 0 Å². The fourth-order valence-corrected chi connectivity index (χ4v) is 0. The van der Waals surface area contributed by atoms with Crippen molar-refractivity contribution in [2.24, 2.45) is 0 Å². The Morgan fingerprint density at radius 2 is 1.14 bits per heavy atom. The molecule has 0 unspecified atom stereocenters. The van der Waals surface area contributed by atoms with Crippen LogP contribution >= 0.6 is 0 Å². The van der Waals surface area contributed by atoms with Gasteiger partial charge in [-0.15, -0.1) is 0 Å². The molecule has 7 heavy (non-hydrogen) atoms. The van der Waals surface area contributed by atoms with E-state index in [2.05, 4.69) is 0 Å². The smallest absolute Gasteiger partial charge is 0.672 e. The molecule has 0 saturated heterocycles. The molecule has 0 radical (unpaired) electrons. The molecule has 0 spiro atoms. The summed E-state index contributed by atoms with van der Waals surface area (Å²) in [6.07, 6.45) is 0. The summed E-state index contributed by atoms with van der Waals surface area (Å²) >= 11 is 0. The van der Waals surface area contributed by atoms with Crippen molar-refractivity contribution in [3.05, 3.63) is 0 Å². The first-order chi connectivity index (χ1) is 1.73. The summed E-state index contributed by atoms with van der Waals surface area (Å²) in [7, 11) is -3.63. The standard InChI is InChI=1S/CH4.2Na.O3Si/c;;;1-4(2)3/h1H4;;;/q;2*+1;-2. The first-order valence-corrected chi connectivity index (χ1v) is 1.84. The molecular weight excluding hydrogens is 134 g/mol. The summed E-state index contributed by atoms with van der Waals surface area (Å²) in [6, 6.07) is 0. The van der Waals surface area contributed by atoms with E-state index >= 15 is 0 Å². The van der Waals surface area contributed by atoms with Crippen LogP contribution in [0.1, 0.15) is 7.43 Å². The molecule has 0 aromatic heterocycles. The van der Waals surface area contributed by atoms with Crippen molar-refractivity contribution >= 4 is 9.17 Å². The van der Waals surface area contributed by atoms with Crippen molar-refractivity contribution in [1.82, 2.24) is 0 Å². The van der Waals surface area contributed by atoms with E-state index in [1.165, 1.54) is 0 Å². The molecule has 3 nitrogen and oxygen atoms in total. The molecule has 0 amide bonds. The maximum atomic E-state index is 8.52. The summed E-state index contributed by atoms with van der Waals surface area (Å²) in [5, 5.41) is 0. The topological polar surface area (TPSA) is 63.2 Å². The average molecular weight is 138 g/mol. The van der Waals surface area contributed by atoms with Crippen LogP contribution in [0.5, 0.6) is 0 Å². The van der Waals surface area contributed by atoms with Gasteiger partial charge in [0.15, 0.2) is 0 Å². The van der Waals surface area contributed by atoms with Crippen LogP contribution in [0.15, 0.2) is 0 Å². The van der Waals surface area contributed by atoms with Gasteiger partial charge in [-0.05, 0) is 0 Å². The first kappa shape index (κ1) is 23.5. The maximum absolute atomic E-state index is 8.52. The SMILES string of the molecule is C.O=[Si]([O-])[O-].[Na+].[Na+]. The molecule has 0 atom stereocenters. The summed E-state index contributed by atoms with van der Waals surface area (Å²) < 4.78 is 8.52. The van der Waals surface area contributed by atoms with Crippen LogP contribution in [-0.2, 0) is 4.46 Å². The predicted molar refractivity (Wildman–Crippen MR) is 13.2 cm³/mol. The predicted octanol–water partition coefficient (Wildman–Crippen LogP) is -8.23. The maximum Gasteiger partial charge on any atom is 1.00 e. The van der Waals surface area contributed by atoms with Gasteiger partial charge in [-0.1, -0.05) is 7.43 Å². The van der Waals surface area contributed by atoms with Crippen molar-refractivity contribution in [3.63, 3.8) is 0 Å². The monoisotopic (exact) mass is 138 g/mol. The molecule has 0 N–H and O–H groups in total. The van der Waals surface area contributed by atoms with E-state index in [1.54, 1.807) is 0 Å². The molecule has 0 rings (SSSR count). The van der Waals surface area contributed by atoms with Gasteiger partial charge in [0.25, 0.3) is 0 Å². The number of hydrogen-bond donors (Lipinski definition) is 0. The third-order valence-corrected chi connectivity index (χ3v) is 0. The largest absolute Gasteiger partial charge is 1.00 e. The molecule has 32 valence electrons. The molecular formula is CH4Na2O3Si. The van der Waals surface area contributed by atoms with E-state index in [4.69, 9.17) is 14.1 Å². The van der Waals surface area contributed by atoms with Crippen LogP contribution in [0, 0.1) is 0 Å². The average Bonchev–Trinajstić information content (AvgIpc) is 0.811. The third-order valence-electron chi connectivity index (χ3n) is 0. The van der Waals surface area contributed by atoms with Crippen molar-refractivity contribution in [2.75, 3.05) is 0 Å². The van der Waals surface area contributed by atoms with Crippen molar-refractivity contribution in [3.8, 4) is 0 Å². The van der Waals surface area contributed by atoms with Crippen LogP contribution in [0.25, 0.3) is 0 Å². The molecule has 6 heteroatoms. The summed E-state index contributed by atoms with van der Waals surface area (Å²) in [5.74, 6) is 0. The summed E-state index contributed by atoms with van der Waals surface area (Å²) in [6.45, 7) is 0. The Bertz CT molecular complexity index is 35.9. The van der Waals surface area contributed by atoms with Crippen molar-refractivity contribution in [2.45, 2.75) is 7.43 Å². The van der Waals surface area contributed by atoms with E-state index in [1.807, 2.05) is 0 Å². The van der Waals surface area contributed by atoms with Crippen LogP contribution < -0.4 is 68.7 Å². The Hall–Kier alpha value is 1.62. The molecule has 0 aliphatic rings. The number of hydrogen-bond acceptors (Lipinski definition) is 3. The van der Waals surface area contributed by atoms with Crippen molar-refractivity contribution < 1.29 is 73.2 Å². The van der Waals surface area contributed by atoms with Gasteiger partial charge in [-0.3, -0.25) is 0 Å². The minimum absolute atomic E-state index is 0. The van der Waals surface area contributed by atoms with E-state index in [9.17, 15) is 0 Å². The zero-order chi connectivity index (χ0) is 3.58. The Morgan fingerprint density at radius 1 is 1.14 bits per heavy atom. The molecule has 0 heterocycles. The molecule has 0 saturated carbocycles. The van der Waals surface area contributed by atoms with Gasteiger partial charge < -0.3 is 14.1 Å². The van der Waals surface area contributed by atoms with Crippen molar-refractivity contribution in [1.29, 1.82) is 0 Å². The Kier molecular flexibility index (Phi) is 52.4. The molecule has 0 aromatic carbocycles. The fraction of sp³-hybridized carbons (Fsp3) is 1.00. The second kappa shape index (κ2) is 15.6. The van der Waals surface area contributed by atoms with Gasteiger partial charge in [0.2, 0.25) is 0 Å². The van der Waals surface area contributed by atoms with Gasteiger partial charge in [-0.2, -0.15) is 0 Å². The third kappa shape index (κ3) is 91.9. The van der Waals surface area contributed by atoms with Crippen LogP contribution in [-0.4, -0.2) is 9.17 Å². The molecule has 0 fully saturated rings. The number of rotatable bonds is 0. The first-order valence-electron chi connectivity index (χ1n) is 0.612. The van der Waals surface area contributed by atoms with Gasteiger partial charge in [0.05, 0.1) is 0 Å². The minimum Gasteiger partial charge on any atom is -0.672 e. The van der Waals surface area contributed by atoms with Crippen LogP contribution in [0.2, 0.25) is 0 Å².